The van der Waals surface area contributed by atoms with Crippen LogP contribution in [0.2, 0.25) is 0 Å². The zero-order chi connectivity index (χ0) is 13.2. The van der Waals surface area contributed by atoms with Crippen molar-refractivity contribution in [3.63, 3.8) is 0 Å². The first kappa shape index (κ1) is 12.9. The number of nitrogens with one attached hydrogen (secondary N) is 1. The fraction of sp³-hybridized carbons (Fsp3) is 0.400. The fourth-order valence-corrected chi connectivity index (χ4v) is 2.85. The minimum atomic E-state index is 0.684. The van der Waals surface area contributed by atoms with E-state index in [0.29, 0.717) is 5.92 Å². The lowest BCUT2D eigenvalue weighted by Crippen LogP contribution is -2.13. The Morgan fingerprint density at radius 2 is 2.16 bits per heavy atom. The summed E-state index contributed by atoms with van der Waals surface area (Å²) in [6.07, 6.45) is 4.58. The Balaban J connectivity index is 2.02. The van der Waals surface area contributed by atoms with Gasteiger partial charge in [-0.2, -0.15) is 5.10 Å². The van der Waals surface area contributed by atoms with E-state index in [2.05, 4.69) is 56.2 Å². The predicted octanol–water partition coefficient (Wildman–Crippen LogP) is 3.62. The van der Waals surface area contributed by atoms with Crippen LogP contribution in [0.3, 0.4) is 0 Å². The van der Waals surface area contributed by atoms with Crippen LogP contribution < -0.4 is 5.32 Å². The van der Waals surface area contributed by atoms with Crippen LogP contribution in [-0.2, 0) is 6.54 Å². The molecular weight excluding hydrogens is 302 g/mol. The highest BCUT2D eigenvalue weighted by atomic mass is 79.9. The number of hydrogen-bond donors (Lipinski definition) is 1. The van der Waals surface area contributed by atoms with Gasteiger partial charge < -0.3 is 5.32 Å². The molecule has 19 heavy (non-hydrogen) atoms. The summed E-state index contributed by atoms with van der Waals surface area (Å²) in [5.74, 6) is 0.684. The summed E-state index contributed by atoms with van der Waals surface area (Å²) < 4.78 is 3.20. The smallest absolute Gasteiger partial charge is 0.0790 e. The van der Waals surface area contributed by atoms with E-state index in [4.69, 9.17) is 0 Å². The zero-order valence-electron chi connectivity index (χ0n) is 11.1. The highest BCUT2D eigenvalue weighted by Gasteiger charge is 2.30. The van der Waals surface area contributed by atoms with Gasteiger partial charge >= 0.3 is 0 Å². The molecule has 0 saturated heterocycles. The standard InChI is InChI=1S/C15H18BrN3/c1-2-17-9-12-10-18-19(15(12)11-7-8-11)14-6-4-3-5-13(14)16/h3-6,10-11,17H,2,7-9H2,1H3. The van der Waals surface area contributed by atoms with E-state index in [9.17, 15) is 0 Å². The third-order valence-electron chi connectivity index (χ3n) is 3.50. The van der Waals surface area contributed by atoms with Crippen LogP contribution in [0.25, 0.3) is 5.69 Å². The van der Waals surface area contributed by atoms with Crippen LogP contribution in [0, 0.1) is 0 Å². The SMILES string of the molecule is CCNCc1cnn(-c2ccccc2Br)c1C1CC1. The summed E-state index contributed by atoms with van der Waals surface area (Å²) in [6, 6.07) is 8.27. The normalized spacial score (nSPS) is 14.8. The summed E-state index contributed by atoms with van der Waals surface area (Å²) >= 11 is 3.62. The van der Waals surface area contributed by atoms with Crippen LogP contribution >= 0.6 is 15.9 Å². The molecule has 100 valence electrons. The van der Waals surface area contributed by atoms with Gasteiger partial charge in [-0.05, 0) is 47.4 Å². The van der Waals surface area contributed by atoms with Gasteiger partial charge in [-0.15, -0.1) is 0 Å². The van der Waals surface area contributed by atoms with E-state index >= 15 is 0 Å². The highest BCUT2D eigenvalue weighted by molar-refractivity contribution is 9.10. The molecule has 0 radical (unpaired) electrons. The molecule has 1 aliphatic carbocycles. The third-order valence-corrected chi connectivity index (χ3v) is 4.17. The maximum absolute atomic E-state index is 4.61. The summed E-state index contributed by atoms with van der Waals surface area (Å²) in [4.78, 5) is 0. The van der Waals surface area contributed by atoms with Crippen LogP contribution in [0.5, 0.6) is 0 Å². The second kappa shape index (κ2) is 5.47. The number of aromatic nitrogens is 2. The van der Waals surface area contributed by atoms with Gasteiger partial charge in [0.05, 0.1) is 17.6 Å². The molecule has 1 fully saturated rings. The molecule has 3 nitrogen and oxygen atoms in total. The Morgan fingerprint density at radius 1 is 1.37 bits per heavy atom. The monoisotopic (exact) mass is 319 g/mol. The zero-order valence-corrected chi connectivity index (χ0v) is 12.7. The van der Waals surface area contributed by atoms with Gasteiger partial charge in [-0.25, -0.2) is 4.68 Å². The van der Waals surface area contributed by atoms with Gasteiger partial charge in [0.25, 0.3) is 0 Å². The second-order valence-corrected chi connectivity index (χ2v) is 5.83. The Morgan fingerprint density at radius 3 is 2.84 bits per heavy atom. The first-order valence-electron chi connectivity index (χ1n) is 6.83. The maximum atomic E-state index is 4.61. The number of halogens is 1. The maximum Gasteiger partial charge on any atom is 0.0790 e. The average Bonchev–Trinajstić information content (AvgIpc) is 3.18. The van der Waals surface area contributed by atoms with Gasteiger partial charge in [0.1, 0.15) is 0 Å². The second-order valence-electron chi connectivity index (χ2n) is 4.97. The molecule has 1 saturated carbocycles. The lowest BCUT2D eigenvalue weighted by molar-refractivity contribution is 0.714. The number of nitrogens with zero attached hydrogens (tertiary/aromatic N) is 2. The molecule has 0 unspecified atom stereocenters. The van der Waals surface area contributed by atoms with Crippen molar-refractivity contribution in [2.45, 2.75) is 32.2 Å². The van der Waals surface area contributed by atoms with Crippen LogP contribution in [0.4, 0.5) is 0 Å². The molecule has 0 spiro atoms. The van der Waals surface area contributed by atoms with E-state index in [1.165, 1.54) is 24.1 Å². The summed E-state index contributed by atoms with van der Waals surface area (Å²) in [7, 11) is 0. The van der Waals surface area contributed by atoms with E-state index in [1.54, 1.807) is 0 Å². The molecule has 0 aliphatic heterocycles. The van der Waals surface area contributed by atoms with E-state index < -0.39 is 0 Å². The van der Waals surface area contributed by atoms with Crippen molar-refractivity contribution in [1.29, 1.82) is 0 Å². The van der Waals surface area contributed by atoms with Crippen molar-refractivity contribution in [1.82, 2.24) is 15.1 Å². The van der Waals surface area contributed by atoms with Crippen LogP contribution in [-0.4, -0.2) is 16.3 Å². The number of benzene rings is 1. The van der Waals surface area contributed by atoms with Crippen LogP contribution in [0.15, 0.2) is 34.9 Å². The lowest BCUT2D eigenvalue weighted by Gasteiger charge is -2.10. The summed E-state index contributed by atoms with van der Waals surface area (Å²) in [5.41, 5.74) is 3.85. The van der Waals surface area contributed by atoms with Crippen molar-refractivity contribution in [2.24, 2.45) is 0 Å². The number of para-hydroxylation sites is 1. The third kappa shape index (κ3) is 2.60. The van der Waals surface area contributed by atoms with Crippen LogP contribution in [0.1, 0.15) is 36.9 Å². The molecule has 0 bridgehead atoms. The van der Waals surface area contributed by atoms with E-state index in [1.807, 2.05) is 12.3 Å². The van der Waals surface area contributed by atoms with Crippen molar-refractivity contribution in [2.75, 3.05) is 6.54 Å². The Hall–Kier alpha value is -1.13. The molecule has 0 atom stereocenters. The van der Waals surface area contributed by atoms with Crippen molar-refractivity contribution >= 4 is 15.9 Å². The first-order chi connectivity index (χ1) is 9.31. The van der Waals surface area contributed by atoms with Gasteiger partial charge in [0, 0.05) is 22.5 Å². The Kier molecular flexibility index (Phi) is 3.71. The predicted molar refractivity (Wildman–Crippen MR) is 80.6 cm³/mol. The molecule has 1 aromatic carbocycles. The van der Waals surface area contributed by atoms with Crippen molar-refractivity contribution in [3.05, 3.63) is 46.2 Å². The molecule has 1 aliphatic rings. The Labute approximate surface area is 122 Å². The molecule has 3 rings (SSSR count). The van der Waals surface area contributed by atoms with Crippen molar-refractivity contribution in [3.8, 4) is 5.69 Å². The number of rotatable bonds is 5. The minimum Gasteiger partial charge on any atom is -0.313 e. The Bertz CT molecular complexity index is 573. The van der Waals surface area contributed by atoms with Gasteiger partial charge in [-0.3, -0.25) is 0 Å². The molecule has 1 N–H and O–H groups in total. The highest BCUT2D eigenvalue weighted by Crippen LogP contribution is 2.43. The quantitative estimate of drug-likeness (QED) is 0.912. The lowest BCUT2D eigenvalue weighted by atomic mass is 10.1. The van der Waals surface area contributed by atoms with E-state index in [-0.39, 0.29) is 0 Å². The van der Waals surface area contributed by atoms with E-state index in [0.717, 1.165) is 23.2 Å². The molecule has 2 aromatic rings. The minimum absolute atomic E-state index is 0.684. The fourth-order valence-electron chi connectivity index (χ4n) is 2.40. The molecule has 0 amide bonds. The van der Waals surface area contributed by atoms with Crippen molar-refractivity contribution < 1.29 is 0 Å². The van der Waals surface area contributed by atoms with Gasteiger partial charge in [-0.1, -0.05) is 19.1 Å². The largest absolute Gasteiger partial charge is 0.313 e. The van der Waals surface area contributed by atoms with Gasteiger partial charge in [0.2, 0.25) is 0 Å². The molecule has 4 heteroatoms. The molecular formula is C15H18BrN3. The molecule has 1 aromatic heterocycles. The topological polar surface area (TPSA) is 29.9 Å². The average molecular weight is 320 g/mol. The molecule has 1 heterocycles. The van der Waals surface area contributed by atoms with Gasteiger partial charge in [0.15, 0.2) is 0 Å². The number of hydrogen-bond acceptors (Lipinski definition) is 2. The summed E-state index contributed by atoms with van der Waals surface area (Å²) in [6.45, 7) is 4.03. The first-order valence-corrected chi connectivity index (χ1v) is 7.63. The summed E-state index contributed by atoms with van der Waals surface area (Å²) in [5, 5.41) is 8.01.